The summed E-state index contributed by atoms with van der Waals surface area (Å²) < 4.78 is 12.5. The Labute approximate surface area is 161 Å². The van der Waals surface area contributed by atoms with Crippen LogP contribution in [0.4, 0.5) is 0 Å². The Morgan fingerprint density at radius 3 is 2.44 bits per heavy atom. The van der Waals surface area contributed by atoms with E-state index in [-0.39, 0.29) is 5.97 Å². The van der Waals surface area contributed by atoms with E-state index in [1.807, 2.05) is 60.7 Å². The third-order valence-electron chi connectivity index (χ3n) is 4.14. The van der Waals surface area contributed by atoms with Gasteiger partial charge in [-0.25, -0.2) is 0 Å². The number of benzene rings is 3. The van der Waals surface area contributed by atoms with Crippen molar-refractivity contribution in [2.75, 3.05) is 0 Å². The number of carbonyl (C=O) groups excluding carboxylic acids is 1. The van der Waals surface area contributed by atoms with Gasteiger partial charge in [0.2, 0.25) is 0 Å². The van der Waals surface area contributed by atoms with E-state index in [4.69, 9.17) is 9.47 Å². The molecule has 0 spiro atoms. The van der Waals surface area contributed by atoms with Gasteiger partial charge in [0, 0.05) is 16.5 Å². The van der Waals surface area contributed by atoms with Crippen LogP contribution in [-0.4, -0.2) is 5.97 Å². The maximum absolute atomic E-state index is 11.6. The Hall–Kier alpha value is -3.11. The molecule has 4 heteroatoms. The second kappa shape index (κ2) is 7.64. The number of hydrogen-bond acceptors (Lipinski definition) is 4. The minimum atomic E-state index is -0.368. The van der Waals surface area contributed by atoms with Crippen LogP contribution in [-0.2, 0) is 11.4 Å². The van der Waals surface area contributed by atoms with Gasteiger partial charge in [-0.15, -0.1) is 11.3 Å². The van der Waals surface area contributed by atoms with Crippen LogP contribution in [0.15, 0.2) is 78.9 Å². The maximum Gasteiger partial charge on any atom is 0.308 e. The standard InChI is InChI=1S/C23H18O3S/c1-16(24)26-21-13-19(23-14-18-9-5-6-10-22(18)27-23)11-12-20(21)25-15-17-7-3-2-4-8-17/h2-14H,15H2,1H3. The topological polar surface area (TPSA) is 35.5 Å². The van der Waals surface area contributed by atoms with Crippen LogP contribution in [0.2, 0.25) is 0 Å². The summed E-state index contributed by atoms with van der Waals surface area (Å²) in [5, 5.41) is 1.20. The lowest BCUT2D eigenvalue weighted by atomic mass is 10.1. The highest BCUT2D eigenvalue weighted by molar-refractivity contribution is 7.22. The van der Waals surface area contributed by atoms with Gasteiger partial charge in [0.25, 0.3) is 0 Å². The van der Waals surface area contributed by atoms with Crippen LogP contribution in [0.25, 0.3) is 20.5 Å². The van der Waals surface area contributed by atoms with E-state index in [1.54, 1.807) is 11.3 Å². The summed E-state index contributed by atoms with van der Waals surface area (Å²) in [4.78, 5) is 12.7. The lowest BCUT2D eigenvalue weighted by Gasteiger charge is -2.12. The molecule has 0 radical (unpaired) electrons. The molecule has 0 aliphatic heterocycles. The summed E-state index contributed by atoms with van der Waals surface area (Å²) >= 11 is 1.71. The molecular formula is C23H18O3S. The molecule has 0 saturated carbocycles. The monoisotopic (exact) mass is 374 g/mol. The zero-order valence-electron chi connectivity index (χ0n) is 14.8. The van der Waals surface area contributed by atoms with Crippen molar-refractivity contribution in [2.24, 2.45) is 0 Å². The Kier molecular flexibility index (Phi) is 4.90. The van der Waals surface area contributed by atoms with Crippen molar-refractivity contribution >= 4 is 27.4 Å². The Bertz CT molecular complexity index is 1050. The molecule has 0 aliphatic rings. The second-order valence-corrected chi connectivity index (χ2v) is 7.26. The molecule has 0 fully saturated rings. The van der Waals surface area contributed by atoms with Crippen LogP contribution < -0.4 is 9.47 Å². The molecule has 0 amide bonds. The zero-order valence-corrected chi connectivity index (χ0v) is 15.7. The minimum absolute atomic E-state index is 0.368. The van der Waals surface area contributed by atoms with Crippen molar-refractivity contribution in [3.8, 4) is 21.9 Å². The Morgan fingerprint density at radius 1 is 0.889 bits per heavy atom. The zero-order chi connectivity index (χ0) is 18.6. The summed E-state index contributed by atoms with van der Waals surface area (Å²) in [6.07, 6.45) is 0. The van der Waals surface area contributed by atoms with Gasteiger partial charge in [-0.3, -0.25) is 4.79 Å². The number of esters is 1. The van der Waals surface area contributed by atoms with Crippen molar-refractivity contribution in [3.63, 3.8) is 0 Å². The van der Waals surface area contributed by atoms with Gasteiger partial charge in [-0.2, -0.15) is 0 Å². The number of carbonyl (C=O) groups is 1. The Morgan fingerprint density at radius 2 is 1.67 bits per heavy atom. The first-order valence-electron chi connectivity index (χ1n) is 8.67. The summed E-state index contributed by atoms with van der Waals surface area (Å²) in [6.45, 7) is 1.81. The average Bonchev–Trinajstić information content (AvgIpc) is 3.11. The summed E-state index contributed by atoms with van der Waals surface area (Å²) in [6, 6.07) is 26.0. The molecule has 4 rings (SSSR count). The van der Waals surface area contributed by atoms with E-state index in [0.717, 1.165) is 16.0 Å². The largest absolute Gasteiger partial charge is 0.485 e. The smallest absolute Gasteiger partial charge is 0.308 e. The number of fused-ring (bicyclic) bond motifs is 1. The van der Waals surface area contributed by atoms with E-state index in [9.17, 15) is 4.79 Å². The molecule has 0 aliphatic carbocycles. The maximum atomic E-state index is 11.6. The van der Waals surface area contributed by atoms with Crippen molar-refractivity contribution < 1.29 is 14.3 Å². The molecule has 1 aromatic heterocycles. The van der Waals surface area contributed by atoms with Crippen molar-refractivity contribution in [1.29, 1.82) is 0 Å². The molecular weight excluding hydrogens is 356 g/mol. The third kappa shape index (κ3) is 4.01. The van der Waals surface area contributed by atoms with Gasteiger partial charge in [0.05, 0.1) is 0 Å². The van der Waals surface area contributed by atoms with Crippen LogP contribution in [0.1, 0.15) is 12.5 Å². The van der Waals surface area contributed by atoms with Crippen LogP contribution >= 0.6 is 11.3 Å². The lowest BCUT2D eigenvalue weighted by molar-refractivity contribution is -0.132. The fourth-order valence-electron chi connectivity index (χ4n) is 2.87. The highest BCUT2D eigenvalue weighted by atomic mass is 32.1. The number of ether oxygens (including phenoxy) is 2. The fourth-order valence-corrected chi connectivity index (χ4v) is 3.93. The van der Waals surface area contributed by atoms with Crippen molar-refractivity contribution in [2.45, 2.75) is 13.5 Å². The second-order valence-electron chi connectivity index (χ2n) is 6.18. The molecule has 3 nitrogen and oxygen atoms in total. The molecule has 0 unspecified atom stereocenters. The lowest BCUT2D eigenvalue weighted by Crippen LogP contribution is -2.04. The molecule has 1 heterocycles. The van der Waals surface area contributed by atoms with Crippen LogP contribution in [0.5, 0.6) is 11.5 Å². The predicted octanol–water partition coefficient (Wildman–Crippen LogP) is 6.07. The van der Waals surface area contributed by atoms with Gasteiger partial charge in [0.1, 0.15) is 6.61 Å². The molecule has 27 heavy (non-hydrogen) atoms. The van der Waals surface area contributed by atoms with Crippen LogP contribution in [0.3, 0.4) is 0 Å². The van der Waals surface area contributed by atoms with Crippen molar-refractivity contribution in [1.82, 2.24) is 0 Å². The van der Waals surface area contributed by atoms with Gasteiger partial charge in [-0.1, -0.05) is 48.5 Å². The first-order valence-corrected chi connectivity index (χ1v) is 9.49. The van der Waals surface area contributed by atoms with Gasteiger partial charge in [0.15, 0.2) is 11.5 Å². The highest BCUT2D eigenvalue weighted by Gasteiger charge is 2.12. The summed E-state index contributed by atoms with van der Waals surface area (Å²) in [5.74, 6) is 0.625. The number of hydrogen-bond donors (Lipinski definition) is 0. The quantitative estimate of drug-likeness (QED) is 0.314. The number of rotatable bonds is 5. The molecule has 134 valence electrons. The van der Waals surface area contributed by atoms with Gasteiger partial charge >= 0.3 is 5.97 Å². The fraction of sp³-hybridized carbons (Fsp3) is 0.0870. The Balaban J connectivity index is 1.65. The van der Waals surface area contributed by atoms with Crippen LogP contribution in [0, 0.1) is 0 Å². The third-order valence-corrected chi connectivity index (χ3v) is 5.31. The molecule has 0 saturated heterocycles. The highest BCUT2D eigenvalue weighted by Crippen LogP contribution is 2.38. The van der Waals surface area contributed by atoms with E-state index < -0.39 is 0 Å². The van der Waals surface area contributed by atoms with Gasteiger partial charge < -0.3 is 9.47 Å². The molecule has 0 bridgehead atoms. The molecule has 4 aromatic rings. The van der Waals surface area contributed by atoms with E-state index in [2.05, 4.69) is 18.2 Å². The summed E-state index contributed by atoms with van der Waals surface area (Å²) in [7, 11) is 0. The average molecular weight is 374 g/mol. The molecule has 0 N–H and O–H groups in total. The van der Waals surface area contributed by atoms with E-state index in [1.165, 1.54) is 17.0 Å². The SMILES string of the molecule is CC(=O)Oc1cc(-c2cc3ccccc3s2)ccc1OCc1ccccc1. The van der Waals surface area contributed by atoms with Crippen molar-refractivity contribution in [3.05, 3.63) is 84.4 Å². The minimum Gasteiger partial charge on any atom is -0.485 e. The number of thiophene rings is 1. The van der Waals surface area contributed by atoms with E-state index >= 15 is 0 Å². The van der Waals surface area contributed by atoms with Gasteiger partial charge in [-0.05, 0) is 46.8 Å². The molecule has 3 aromatic carbocycles. The van der Waals surface area contributed by atoms with E-state index in [0.29, 0.717) is 18.1 Å². The molecule has 0 atom stereocenters. The normalized spacial score (nSPS) is 10.7. The predicted molar refractivity (Wildman–Crippen MR) is 109 cm³/mol. The first-order chi connectivity index (χ1) is 13.2. The first kappa shape index (κ1) is 17.3. The summed E-state index contributed by atoms with van der Waals surface area (Å²) in [5.41, 5.74) is 2.05.